The lowest BCUT2D eigenvalue weighted by atomic mass is 9.88. The van der Waals surface area contributed by atoms with Crippen molar-refractivity contribution in [3.63, 3.8) is 0 Å². The minimum absolute atomic E-state index is 0.0646. The van der Waals surface area contributed by atoms with Gasteiger partial charge in [-0.15, -0.1) is 5.06 Å². The molecule has 20 heteroatoms. The number of nitrogens with zero attached hydrogens (tertiary/aromatic N) is 1. The fourth-order valence-electron chi connectivity index (χ4n) is 11.4. The van der Waals surface area contributed by atoms with Crippen molar-refractivity contribution in [3.8, 4) is 0 Å². The first-order valence-electron chi connectivity index (χ1n) is 27.2. The molecule has 0 spiro atoms. The molecule has 10 rings (SSSR count). The number of imide groups is 1. The number of carbonyl (C=O) groups is 10. The van der Waals surface area contributed by atoms with Crippen molar-refractivity contribution in [2.24, 2.45) is 29.6 Å². The number of hydrogen-bond acceptors (Lipinski definition) is 19. The number of carbonyl (C=O) groups excluding carboxylic acids is 10. The molecule has 9 fully saturated rings. The highest BCUT2D eigenvalue weighted by Gasteiger charge is 2.65. The molecule has 0 aromatic heterocycles. The molecule has 5 heterocycles. The summed E-state index contributed by atoms with van der Waals surface area (Å²) in [5.41, 5.74) is 2.17. The third kappa shape index (κ3) is 14.4. The lowest BCUT2D eigenvalue weighted by molar-refractivity contribution is -0.194. The molecule has 4 bridgehead atoms. The van der Waals surface area contributed by atoms with Gasteiger partial charge in [-0.2, -0.15) is 0 Å². The summed E-state index contributed by atoms with van der Waals surface area (Å²) in [6, 6.07) is 10.0. The van der Waals surface area contributed by atoms with Crippen LogP contribution in [0, 0.1) is 29.6 Å². The van der Waals surface area contributed by atoms with Crippen LogP contribution in [0.2, 0.25) is 0 Å². The van der Waals surface area contributed by atoms with Crippen molar-refractivity contribution in [1.82, 2.24) is 5.06 Å². The summed E-state index contributed by atoms with van der Waals surface area (Å²) in [6.07, 6.45) is 8.64. The second-order valence-electron chi connectivity index (χ2n) is 22.3. The predicted octanol–water partition coefficient (Wildman–Crippen LogP) is 7.61. The molecule has 10 atom stereocenters. The molecule has 2 amide bonds. The minimum atomic E-state index is -0.761. The Bertz CT molecular complexity index is 2640. The van der Waals surface area contributed by atoms with Gasteiger partial charge in [0, 0.05) is 52.5 Å². The van der Waals surface area contributed by atoms with Gasteiger partial charge in [-0.05, 0) is 117 Å². The van der Waals surface area contributed by atoms with Crippen LogP contribution in [-0.4, -0.2) is 113 Å². The van der Waals surface area contributed by atoms with E-state index in [9.17, 15) is 47.9 Å². The highest BCUT2D eigenvalue weighted by atomic mass is 16.7. The first-order valence-corrected chi connectivity index (χ1v) is 27.2. The molecule has 5 aliphatic heterocycles. The summed E-state index contributed by atoms with van der Waals surface area (Å²) in [5, 5.41) is 0.497. The summed E-state index contributed by atoms with van der Waals surface area (Å²) >= 11 is 0. The maximum atomic E-state index is 11.8. The average molecular weight is 1110 g/mol. The molecule has 9 aliphatic rings. The van der Waals surface area contributed by atoms with E-state index in [0.717, 1.165) is 56.9 Å². The fraction of sp³-hybridized carbons (Fsp3) is 0.567. The monoisotopic (exact) mass is 1110 g/mol. The molecular weight excluding hydrogens is 1040 g/mol. The summed E-state index contributed by atoms with van der Waals surface area (Å²) in [4.78, 5) is 118. The fourth-order valence-corrected chi connectivity index (χ4v) is 11.4. The van der Waals surface area contributed by atoms with Crippen LogP contribution in [0.5, 0.6) is 0 Å². The van der Waals surface area contributed by atoms with E-state index >= 15 is 0 Å². The normalized spacial score (nSPS) is 27.7. The third-order valence-electron chi connectivity index (χ3n) is 15.7. The number of hydroxylamine groups is 2. The highest BCUT2D eigenvalue weighted by Crippen LogP contribution is 2.55. The Morgan fingerprint density at radius 3 is 1.68 bits per heavy atom. The minimum Gasteiger partial charge on any atom is -0.458 e. The number of hydrogen-bond donors (Lipinski definition) is 0. The van der Waals surface area contributed by atoms with Gasteiger partial charge in [0.1, 0.15) is 29.5 Å². The summed E-state index contributed by atoms with van der Waals surface area (Å²) < 4.78 is 42.6. The number of benzene rings is 1. The number of ether oxygens (including phenoxy) is 8. The van der Waals surface area contributed by atoms with E-state index in [2.05, 4.69) is 51.6 Å². The van der Waals surface area contributed by atoms with Crippen LogP contribution in [0.15, 0.2) is 91.1 Å². The summed E-state index contributed by atoms with van der Waals surface area (Å²) in [5.74, 6) is -3.57. The SMILES string of the molecule is C=C(C)C(=O)OC1(C(C)C)CCCC1.C=C(C)C(=O)OC1(c2ccccc2)CCCC1.C=C(C)C(=O)OC1C2CC3C(=O)OC1C3C2.C=C(C)C(=O)OCC(=O)OC1C2CC3C(=O)OC1C3O2.C=C(C)C(=O)ON1C(=O)CCC1=O. The van der Waals surface area contributed by atoms with Crippen LogP contribution in [0.3, 0.4) is 0 Å². The smallest absolute Gasteiger partial charge is 0.359 e. The lowest BCUT2D eigenvalue weighted by Crippen LogP contribution is -2.40. The Balaban J connectivity index is 0.000000163. The van der Waals surface area contributed by atoms with Crippen molar-refractivity contribution in [1.29, 1.82) is 0 Å². The largest absolute Gasteiger partial charge is 0.458 e. The maximum absolute atomic E-state index is 11.8. The van der Waals surface area contributed by atoms with Gasteiger partial charge < -0.3 is 42.7 Å². The van der Waals surface area contributed by atoms with Crippen LogP contribution < -0.4 is 0 Å². The molecule has 4 aliphatic carbocycles. The van der Waals surface area contributed by atoms with Gasteiger partial charge in [0.25, 0.3) is 11.8 Å². The van der Waals surface area contributed by atoms with Gasteiger partial charge in [0.05, 0.1) is 17.9 Å². The molecular formula is C60H75NO19. The van der Waals surface area contributed by atoms with E-state index in [1.54, 1.807) is 20.8 Å². The van der Waals surface area contributed by atoms with Crippen molar-refractivity contribution in [2.75, 3.05) is 6.61 Å². The van der Waals surface area contributed by atoms with E-state index in [4.69, 9.17) is 37.9 Å². The van der Waals surface area contributed by atoms with Crippen molar-refractivity contribution >= 4 is 59.6 Å². The molecule has 434 valence electrons. The Hall–Kier alpha value is -7.22. The second kappa shape index (κ2) is 26.4. The Morgan fingerprint density at radius 2 is 1.12 bits per heavy atom. The zero-order valence-electron chi connectivity index (χ0n) is 46.9. The van der Waals surface area contributed by atoms with Crippen LogP contribution in [0.25, 0.3) is 0 Å². The van der Waals surface area contributed by atoms with Gasteiger partial charge in [0.2, 0.25) is 0 Å². The Kier molecular flexibility index (Phi) is 20.4. The lowest BCUT2D eigenvalue weighted by Gasteiger charge is -2.33. The average Bonchev–Trinajstić information content (AvgIpc) is 4.44. The van der Waals surface area contributed by atoms with Crippen LogP contribution >= 0.6 is 0 Å². The molecule has 5 saturated heterocycles. The van der Waals surface area contributed by atoms with E-state index in [1.165, 1.54) is 26.7 Å². The molecule has 80 heavy (non-hydrogen) atoms. The van der Waals surface area contributed by atoms with Crippen LogP contribution in [-0.2, 0) is 96.3 Å². The van der Waals surface area contributed by atoms with Gasteiger partial charge in [-0.3, -0.25) is 19.2 Å². The van der Waals surface area contributed by atoms with Gasteiger partial charge in [-0.1, -0.05) is 77.1 Å². The molecule has 1 aromatic carbocycles. The highest BCUT2D eigenvalue weighted by molar-refractivity contribution is 6.02. The molecule has 20 nitrogen and oxygen atoms in total. The van der Waals surface area contributed by atoms with Crippen molar-refractivity contribution < 1.29 is 90.7 Å². The molecule has 0 N–H and O–H groups in total. The van der Waals surface area contributed by atoms with Crippen LogP contribution in [0.1, 0.15) is 138 Å². The Labute approximate surface area is 466 Å². The summed E-state index contributed by atoms with van der Waals surface area (Å²) in [7, 11) is 0. The topological polar surface area (TPSA) is 257 Å². The second-order valence-corrected chi connectivity index (χ2v) is 22.3. The number of esters is 7. The quantitative estimate of drug-likeness (QED) is 0.0751. The zero-order chi connectivity index (χ0) is 59.0. The maximum Gasteiger partial charge on any atom is 0.359 e. The molecule has 1 aromatic rings. The number of fused-ring (bicyclic) bond motifs is 2. The van der Waals surface area contributed by atoms with E-state index in [-0.39, 0.29) is 102 Å². The number of amides is 2. The van der Waals surface area contributed by atoms with E-state index in [1.807, 2.05) is 30.3 Å². The molecule has 10 unspecified atom stereocenters. The third-order valence-corrected chi connectivity index (χ3v) is 15.7. The zero-order valence-corrected chi connectivity index (χ0v) is 46.9. The van der Waals surface area contributed by atoms with E-state index < -0.39 is 54.1 Å². The Morgan fingerprint density at radius 1 is 0.600 bits per heavy atom. The van der Waals surface area contributed by atoms with Crippen molar-refractivity contribution in [3.05, 3.63) is 96.7 Å². The predicted molar refractivity (Wildman–Crippen MR) is 283 cm³/mol. The van der Waals surface area contributed by atoms with Crippen LogP contribution in [0.4, 0.5) is 0 Å². The standard InChI is InChI=1S/C15H18O2.C13H14O7.C12H14O4.C12H20O2.C8H9NO4/c1-12(2)14(16)17-15(10-6-7-11-15)13-8-4-3-5-9-13;1-5(2)12(15)17-4-8(14)19-10-7-3-6-9(18-7)11(10)20-13(6)16;1-5(2)11(13)15-9-6-3-7-8(4-6)12(14)16-10(7)9;1-9(2)11(13)14-12(10(3)4)7-5-6-8-12;1-5(2)8(12)13-9-6(10)3-4-7(9)11/h3-5,8-9H,1,6-7,10-11H2,2H3;6-7,9-11H,1,3-4H2,2H3;6-10H,1,3-4H2,2H3;10H,1,5-8H2,2-4H3;1,3-4H2,2H3. The first kappa shape index (κ1) is 62.0. The van der Waals surface area contributed by atoms with Gasteiger partial charge >= 0.3 is 47.8 Å². The molecule has 0 radical (unpaired) electrons. The van der Waals surface area contributed by atoms with Crippen molar-refractivity contribution in [2.45, 2.75) is 180 Å². The first-order chi connectivity index (χ1) is 37.7. The summed E-state index contributed by atoms with van der Waals surface area (Å²) in [6.45, 7) is 29.2. The van der Waals surface area contributed by atoms with Gasteiger partial charge in [0.15, 0.2) is 18.8 Å². The number of rotatable bonds is 14. The van der Waals surface area contributed by atoms with E-state index in [0.29, 0.717) is 40.0 Å². The van der Waals surface area contributed by atoms with Gasteiger partial charge in [-0.25, -0.2) is 28.8 Å². The molecule has 4 saturated carbocycles.